The molecule has 0 unspecified atom stereocenters. The van der Waals surface area contributed by atoms with Crippen LogP contribution in [0.3, 0.4) is 0 Å². The van der Waals surface area contributed by atoms with Gasteiger partial charge in [-0.1, -0.05) is 15.9 Å². The molecule has 0 aliphatic rings. The van der Waals surface area contributed by atoms with Gasteiger partial charge in [0.1, 0.15) is 0 Å². The molecule has 0 aliphatic carbocycles. The second kappa shape index (κ2) is 6.51. The topological polar surface area (TPSA) is 72.5 Å². The zero-order chi connectivity index (χ0) is 13.8. The van der Waals surface area contributed by atoms with Crippen LogP contribution in [0.15, 0.2) is 27.6 Å². The third-order valence-electron chi connectivity index (χ3n) is 2.01. The summed E-state index contributed by atoms with van der Waals surface area (Å²) >= 11 is 3.13. The molecule has 1 N–H and O–H groups in total. The molecule has 1 amide bonds. The van der Waals surface area contributed by atoms with Crippen molar-refractivity contribution >= 4 is 41.6 Å². The number of halogens is 2. The van der Waals surface area contributed by atoms with Gasteiger partial charge in [-0.2, -0.15) is 0 Å². The predicted octanol–water partition coefficient (Wildman–Crippen LogP) is 1.75. The number of benzene rings is 1. The first-order chi connectivity index (χ1) is 8.34. The van der Waals surface area contributed by atoms with E-state index in [1.54, 1.807) is 0 Å². The first kappa shape index (κ1) is 15.4. The van der Waals surface area contributed by atoms with Gasteiger partial charge in [0.2, 0.25) is 0 Å². The van der Waals surface area contributed by atoms with Gasteiger partial charge in [-0.05, 0) is 18.2 Å². The van der Waals surface area contributed by atoms with Crippen molar-refractivity contribution in [1.82, 2.24) is 5.32 Å². The molecule has 1 aromatic carbocycles. The Morgan fingerprint density at radius 1 is 1.44 bits per heavy atom. The lowest BCUT2D eigenvalue weighted by molar-refractivity contribution is 0.0937. The number of rotatable bonds is 5. The number of carbonyl (C=O) groups excluding carboxylic acids is 1. The Hall–Kier alpha value is -0.630. The fourth-order valence-corrected chi connectivity index (χ4v) is 2.65. The fourth-order valence-electron chi connectivity index (χ4n) is 1.20. The maximum atomic E-state index is 11.7. The van der Waals surface area contributed by atoms with Crippen LogP contribution in [0.4, 0.5) is 0 Å². The number of hydrogen-bond donors (Lipinski definition) is 1. The van der Waals surface area contributed by atoms with Crippen molar-refractivity contribution in [2.75, 3.05) is 20.3 Å². The predicted molar refractivity (Wildman–Crippen MR) is 71.4 cm³/mol. The number of ether oxygens (including phenoxy) is 1. The molecule has 18 heavy (non-hydrogen) atoms. The van der Waals surface area contributed by atoms with E-state index < -0.39 is 15.0 Å². The second-order valence-corrected chi connectivity index (χ2v) is 6.84. The summed E-state index contributed by atoms with van der Waals surface area (Å²) in [6.45, 7) is 0.714. The summed E-state index contributed by atoms with van der Waals surface area (Å²) in [5.41, 5.74) is 0.208. The smallest absolute Gasteiger partial charge is 0.261 e. The average molecular weight is 357 g/mol. The molecule has 0 saturated carbocycles. The third kappa shape index (κ3) is 4.56. The van der Waals surface area contributed by atoms with Crippen LogP contribution in [-0.2, 0) is 13.8 Å². The Balaban J connectivity index is 2.96. The highest BCUT2D eigenvalue weighted by Gasteiger charge is 2.15. The molecule has 0 aliphatic heterocycles. The van der Waals surface area contributed by atoms with Crippen LogP contribution in [0.2, 0.25) is 0 Å². The van der Waals surface area contributed by atoms with Crippen LogP contribution < -0.4 is 5.32 Å². The maximum Gasteiger partial charge on any atom is 0.261 e. The van der Waals surface area contributed by atoms with E-state index in [2.05, 4.69) is 21.2 Å². The van der Waals surface area contributed by atoms with Crippen LogP contribution in [0, 0.1) is 0 Å². The van der Waals surface area contributed by atoms with Gasteiger partial charge < -0.3 is 10.1 Å². The summed E-state index contributed by atoms with van der Waals surface area (Å²) in [5.74, 6) is -0.394. The van der Waals surface area contributed by atoms with E-state index in [0.29, 0.717) is 17.6 Å². The molecule has 100 valence electrons. The molecule has 0 saturated heterocycles. The summed E-state index contributed by atoms with van der Waals surface area (Å²) < 4.78 is 27.7. The summed E-state index contributed by atoms with van der Waals surface area (Å²) in [4.78, 5) is 11.6. The lowest BCUT2D eigenvalue weighted by atomic mass is 10.2. The van der Waals surface area contributed by atoms with Gasteiger partial charge in [0.05, 0.1) is 11.5 Å². The average Bonchev–Trinajstić information content (AvgIpc) is 2.27. The van der Waals surface area contributed by atoms with Crippen molar-refractivity contribution in [3.63, 3.8) is 0 Å². The van der Waals surface area contributed by atoms with Gasteiger partial charge >= 0.3 is 0 Å². The first-order valence-corrected chi connectivity index (χ1v) is 7.97. The van der Waals surface area contributed by atoms with Crippen LogP contribution in [0.5, 0.6) is 0 Å². The van der Waals surface area contributed by atoms with Crippen molar-refractivity contribution in [3.8, 4) is 0 Å². The Morgan fingerprint density at radius 2 is 2.11 bits per heavy atom. The molecular formula is C10H11BrClNO4S. The van der Waals surface area contributed by atoms with E-state index in [-0.39, 0.29) is 10.5 Å². The second-order valence-electron chi connectivity index (χ2n) is 3.36. The summed E-state index contributed by atoms with van der Waals surface area (Å²) in [6.07, 6.45) is 0. The molecule has 0 atom stereocenters. The molecule has 5 nitrogen and oxygen atoms in total. The molecule has 8 heteroatoms. The largest absolute Gasteiger partial charge is 0.383 e. The molecule has 0 radical (unpaired) electrons. The van der Waals surface area contributed by atoms with Gasteiger partial charge in [-0.25, -0.2) is 8.42 Å². The number of hydrogen-bond acceptors (Lipinski definition) is 4. The lowest BCUT2D eigenvalue weighted by Crippen LogP contribution is -2.27. The summed E-state index contributed by atoms with van der Waals surface area (Å²) in [6, 6.07) is 4.05. The van der Waals surface area contributed by atoms with E-state index >= 15 is 0 Å². The molecule has 1 rings (SSSR count). The van der Waals surface area contributed by atoms with Gasteiger partial charge in [0.25, 0.3) is 15.0 Å². The summed E-state index contributed by atoms with van der Waals surface area (Å²) in [7, 11) is 2.88. The third-order valence-corrected chi connectivity index (χ3v) is 3.80. The van der Waals surface area contributed by atoms with E-state index in [1.165, 1.54) is 25.3 Å². The molecule has 1 aromatic rings. The van der Waals surface area contributed by atoms with E-state index in [1.807, 2.05) is 0 Å². The lowest BCUT2D eigenvalue weighted by Gasteiger charge is -2.06. The standard InChI is InChI=1S/C10H11BrClNO4S/c1-17-3-2-13-10(14)7-4-8(11)6-9(5-7)18(12,15)16/h4-6H,2-3H2,1H3,(H,13,14). The monoisotopic (exact) mass is 355 g/mol. The van der Waals surface area contributed by atoms with Crippen molar-refractivity contribution in [2.24, 2.45) is 0 Å². The minimum atomic E-state index is -3.87. The Labute approximate surface area is 118 Å². The van der Waals surface area contributed by atoms with E-state index in [9.17, 15) is 13.2 Å². The van der Waals surface area contributed by atoms with Crippen molar-refractivity contribution in [3.05, 3.63) is 28.2 Å². The minimum absolute atomic E-state index is 0.129. The zero-order valence-corrected chi connectivity index (χ0v) is 12.6. The van der Waals surface area contributed by atoms with Crippen LogP contribution in [-0.4, -0.2) is 34.6 Å². The summed E-state index contributed by atoms with van der Waals surface area (Å²) in [5, 5.41) is 2.58. The van der Waals surface area contributed by atoms with Crippen LogP contribution >= 0.6 is 26.6 Å². The Kier molecular flexibility index (Phi) is 5.58. The van der Waals surface area contributed by atoms with E-state index in [0.717, 1.165) is 0 Å². The van der Waals surface area contributed by atoms with Crippen molar-refractivity contribution < 1.29 is 17.9 Å². The normalized spacial score (nSPS) is 11.3. The highest BCUT2D eigenvalue weighted by atomic mass is 79.9. The first-order valence-electron chi connectivity index (χ1n) is 4.87. The van der Waals surface area contributed by atoms with Gasteiger partial charge in [-0.3, -0.25) is 4.79 Å². The number of amides is 1. The van der Waals surface area contributed by atoms with Gasteiger partial charge in [0, 0.05) is 34.4 Å². The zero-order valence-electron chi connectivity index (χ0n) is 9.44. The quantitative estimate of drug-likeness (QED) is 0.644. The highest BCUT2D eigenvalue weighted by Crippen LogP contribution is 2.22. The van der Waals surface area contributed by atoms with Gasteiger partial charge in [0.15, 0.2) is 0 Å². The minimum Gasteiger partial charge on any atom is -0.383 e. The fraction of sp³-hybridized carbons (Fsp3) is 0.300. The SMILES string of the molecule is COCCNC(=O)c1cc(Br)cc(S(=O)(=O)Cl)c1. The Bertz CT molecular complexity index is 547. The van der Waals surface area contributed by atoms with Crippen LogP contribution in [0.1, 0.15) is 10.4 Å². The number of carbonyl (C=O) groups is 1. The molecule has 0 heterocycles. The van der Waals surface area contributed by atoms with Gasteiger partial charge in [-0.15, -0.1) is 0 Å². The van der Waals surface area contributed by atoms with Crippen LogP contribution in [0.25, 0.3) is 0 Å². The number of methoxy groups -OCH3 is 1. The van der Waals surface area contributed by atoms with Crippen molar-refractivity contribution in [1.29, 1.82) is 0 Å². The molecule has 0 spiro atoms. The molecule has 0 aromatic heterocycles. The van der Waals surface area contributed by atoms with E-state index in [4.69, 9.17) is 15.4 Å². The molecule has 0 bridgehead atoms. The van der Waals surface area contributed by atoms with Crippen molar-refractivity contribution in [2.45, 2.75) is 4.90 Å². The molecule has 0 fully saturated rings. The maximum absolute atomic E-state index is 11.7. The Morgan fingerprint density at radius 3 is 2.67 bits per heavy atom. The molecular weight excluding hydrogens is 346 g/mol. The highest BCUT2D eigenvalue weighted by molar-refractivity contribution is 9.10. The number of nitrogens with one attached hydrogen (secondary N) is 1.